The summed E-state index contributed by atoms with van der Waals surface area (Å²) in [6, 6.07) is 12.2. The molecule has 1 aliphatic heterocycles. The van der Waals surface area contributed by atoms with Crippen LogP contribution in [-0.4, -0.2) is 55.5 Å². The molecule has 2 aromatic heterocycles. The van der Waals surface area contributed by atoms with Gasteiger partial charge in [-0.3, -0.25) is 14.3 Å². The van der Waals surface area contributed by atoms with Crippen molar-refractivity contribution in [2.75, 3.05) is 18.9 Å². The van der Waals surface area contributed by atoms with Crippen molar-refractivity contribution in [1.29, 1.82) is 0 Å². The lowest BCUT2D eigenvalue weighted by Gasteiger charge is -2.44. The topological polar surface area (TPSA) is 73.1 Å². The molecule has 8 heteroatoms. The molecule has 178 valence electrons. The number of nitrogens with zero attached hydrogens (tertiary/aromatic N) is 5. The molecule has 0 bridgehead atoms. The van der Waals surface area contributed by atoms with Gasteiger partial charge in [0.1, 0.15) is 5.75 Å². The van der Waals surface area contributed by atoms with E-state index in [1.165, 1.54) is 37.4 Å². The second-order valence-electron chi connectivity index (χ2n) is 8.93. The maximum atomic E-state index is 13.3. The minimum atomic E-state index is 0.216. The number of amides is 1. The summed E-state index contributed by atoms with van der Waals surface area (Å²) in [5, 5.41) is 9.68. The van der Waals surface area contributed by atoms with Crippen molar-refractivity contribution in [3.8, 4) is 22.8 Å². The van der Waals surface area contributed by atoms with Crippen molar-refractivity contribution < 1.29 is 9.53 Å². The van der Waals surface area contributed by atoms with E-state index in [0.717, 1.165) is 42.2 Å². The normalized spacial score (nSPS) is 20.1. The lowest BCUT2D eigenvalue weighted by atomic mass is 9.78. The maximum Gasteiger partial charge on any atom is 0.233 e. The summed E-state index contributed by atoms with van der Waals surface area (Å²) in [5.41, 5.74) is 1.86. The number of hydrogen-bond acceptors (Lipinski definition) is 6. The Morgan fingerprint density at radius 2 is 1.79 bits per heavy atom. The molecule has 1 aliphatic carbocycles. The van der Waals surface area contributed by atoms with Gasteiger partial charge >= 0.3 is 0 Å². The fraction of sp³-hybridized carbons (Fsp3) is 0.462. The molecule has 2 fully saturated rings. The molecule has 1 saturated heterocycles. The smallest absolute Gasteiger partial charge is 0.233 e. The number of likely N-dealkylation sites (tertiary alicyclic amines) is 1. The van der Waals surface area contributed by atoms with E-state index in [0.29, 0.717) is 29.5 Å². The number of fused-ring (bicyclic) bond motifs is 1. The first-order valence-corrected chi connectivity index (χ1v) is 13.2. The zero-order valence-corrected chi connectivity index (χ0v) is 20.4. The summed E-state index contributed by atoms with van der Waals surface area (Å²) in [6.45, 7) is 3.48. The van der Waals surface area contributed by atoms with Crippen LogP contribution in [-0.2, 0) is 4.79 Å². The van der Waals surface area contributed by atoms with Gasteiger partial charge in [0.05, 0.1) is 12.4 Å². The van der Waals surface area contributed by atoms with Gasteiger partial charge in [-0.2, -0.15) is 0 Å². The summed E-state index contributed by atoms with van der Waals surface area (Å²) >= 11 is 1.46. The highest BCUT2D eigenvalue weighted by Crippen LogP contribution is 2.36. The van der Waals surface area contributed by atoms with Crippen LogP contribution >= 0.6 is 11.8 Å². The second kappa shape index (κ2) is 10.6. The highest BCUT2D eigenvalue weighted by atomic mass is 32.2. The van der Waals surface area contributed by atoms with Crippen LogP contribution in [0.3, 0.4) is 0 Å². The fourth-order valence-electron chi connectivity index (χ4n) is 5.29. The SMILES string of the molecule is CCOc1ccc(-n2c(SCC(=O)N3CCCC4CCCCC43)nnc2-c2ccncc2)cc1. The standard InChI is InChI=1S/C26H31N5O2S/c1-2-33-22-11-9-21(10-12-22)31-25(20-13-15-27-16-14-20)28-29-26(31)34-18-24(32)30-17-5-7-19-6-3-4-8-23(19)30/h9-16,19,23H,2-8,17-18H2,1H3. The number of piperidine rings is 1. The molecule has 1 aromatic carbocycles. The Bertz CT molecular complexity index is 1100. The Labute approximate surface area is 204 Å². The molecule has 3 aromatic rings. The molecule has 2 aliphatic rings. The number of pyridine rings is 1. The van der Waals surface area contributed by atoms with E-state index in [-0.39, 0.29) is 5.91 Å². The second-order valence-corrected chi connectivity index (χ2v) is 9.88. The van der Waals surface area contributed by atoms with Gasteiger partial charge < -0.3 is 9.64 Å². The first-order chi connectivity index (χ1) is 16.7. The van der Waals surface area contributed by atoms with Crippen molar-refractivity contribution in [3.05, 3.63) is 48.8 Å². The molecule has 1 amide bonds. The van der Waals surface area contributed by atoms with E-state index < -0.39 is 0 Å². The molecule has 2 unspecified atom stereocenters. The molecule has 3 heterocycles. The van der Waals surface area contributed by atoms with Gasteiger partial charge in [0.15, 0.2) is 11.0 Å². The molecule has 0 spiro atoms. The molecule has 2 atom stereocenters. The summed E-state index contributed by atoms with van der Waals surface area (Å²) in [4.78, 5) is 19.6. The van der Waals surface area contributed by atoms with E-state index >= 15 is 0 Å². The number of thioether (sulfide) groups is 1. The van der Waals surface area contributed by atoms with Gasteiger partial charge in [-0.05, 0) is 74.9 Å². The highest BCUT2D eigenvalue weighted by molar-refractivity contribution is 7.99. The van der Waals surface area contributed by atoms with Gasteiger partial charge in [-0.15, -0.1) is 10.2 Å². The molecule has 0 radical (unpaired) electrons. The van der Waals surface area contributed by atoms with Crippen LogP contribution in [0, 0.1) is 5.92 Å². The van der Waals surface area contributed by atoms with E-state index in [2.05, 4.69) is 20.1 Å². The fourth-order valence-corrected chi connectivity index (χ4v) is 6.12. The summed E-state index contributed by atoms with van der Waals surface area (Å²) < 4.78 is 7.63. The van der Waals surface area contributed by atoms with E-state index in [9.17, 15) is 4.79 Å². The zero-order valence-electron chi connectivity index (χ0n) is 19.6. The van der Waals surface area contributed by atoms with Gasteiger partial charge in [-0.25, -0.2) is 0 Å². The molecular weight excluding hydrogens is 446 g/mol. The number of carbonyl (C=O) groups is 1. The average molecular weight is 478 g/mol. The lowest BCUT2D eigenvalue weighted by Crippen LogP contribution is -2.50. The number of rotatable bonds is 7. The Morgan fingerprint density at radius 3 is 2.59 bits per heavy atom. The van der Waals surface area contributed by atoms with Crippen LogP contribution < -0.4 is 4.74 Å². The minimum Gasteiger partial charge on any atom is -0.494 e. The van der Waals surface area contributed by atoms with Gasteiger partial charge in [0.25, 0.3) is 0 Å². The first kappa shape index (κ1) is 22.9. The molecule has 34 heavy (non-hydrogen) atoms. The van der Waals surface area contributed by atoms with Crippen LogP contribution in [0.25, 0.3) is 17.1 Å². The number of hydrogen-bond donors (Lipinski definition) is 0. The predicted octanol–water partition coefficient (Wildman–Crippen LogP) is 5.00. The third-order valence-electron chi connectivity index (χ3n) is 6.87. The van der Waals surface area contributed by atoms with E-state index in [1.54, 1.807) is 12.4 Å². The zero-order chi connectivity index (χ0) is 23.3. The van der Waals surface area contributed by atoms with Gasteiger partial charge in [-0.1, -0.05) is 24.6 Å². The van der Waals surface area contributed by atoms with Crippen LogP contribution in [0.1, 0.15) is 45.4 Å². The molecule has 5 rings (SSSR count). The van der Waals surface area contributed by atoms with Gasteiger partial charge in [0.2, 0.25) is 5.91 Å². The minimum absolute atomic E-state index is 0.216. The summed E-state index contributed by atoms with van der Waals surface area (Å²) in [6.07, 6.45) is 10.8. The number of benzene rings is 1. The van der Waals surface area contributed by atoms with E-state index in [4.69, 9.17) is 4.74 Å². The van der Waals surface area contributed by atoms with Crippen LogP contribution in [0.2, 0.25) is 0 Å². The predicted molar refractivity (Wildman–Crippen MR) is 133 cm³/mol. The Hall–Kier alpha value is -2.87. The number of aromatic nitrogens is 4. The van der Waals surface area contributed by atoms with Crippen LogP contribution in [0.4, 0.5) is 0 Å². The van der Waals surface area contributed by atoms with E-state index in [1.807, 2.05) is 47.9 Å². The maximum absolute atomic E-state index is 13.3. The largest absolute Gasteiger partial charge is 0.494 e. The monoisotopic (exact) mass is 477 g/mol. The van der Waals surface area contributed by atoms with Crippen molar-refractivity contribution in [3.63, 3.8) is 0 Å². The molecule has 7 nitrogen and oxygen atoms in total. The number of carbonyl (C=O) groups excluding carboxylic acids is 1. The molecular formula is C26H31N5O2S. The molecule has 0 N–H and O–H groups in total. The van der Waals surface area contributed by atoms with Crippen molar-refractivity contribution in [2.45, 2.75) is 56.6 Å². The third-order valence-corrected chi connectivity index (χ3v) is 7.78. The Morgan fingerprint density at radius 1 is 1.03 bits per heavy atom. The summed E-state index contributed by atoms with van der Waals surface area (Å²) in [7, 11) is 0. The molecule has 1 saturated carbocycles. The Kier molecular flexibility index (Phi) is 7.13. The van der Waals surface area contributed by atoms with Crippen LogP contribution in [0.5, 0.6) is 5.75 Å². The van der Waals surface area contributed by atoms with Crippen molar-refractivity contribution in [2.24, 2.45) is 5.92 Å². The van der Waals surface area contributed by atoms with Gasteiger partial charge in [0, 0.05) is 36.2 Å². The Balaban J connectivity index is 1.39. The number of ether oxygens (including phenoxy) is 1. The van der Waals surface area contributed by atoms with Crippen LogP contribution in [0.15, 0.2) is 53.9 Å². The van der Waals surface area contributed by atoms with Crippen molar-refractivity contribution in [1.82, 2.24) is 24.6 Å². The van der Waals surface area contributed by atoms with Crippen molar-refractivity contribution >= 4 is 17.7 Å². The third kappa shape index (κ3) is 4.82. The summed E-state index contributed by atoms with van der Waals surface area (Å²) in [5.74, 6) is 2.82. The highest BCUT2D eigenvalue weighted by Gasteiger charge is 2.35. The average Bonchev–Trinajstić information content (AvgIpc) is 3.32. The quantitative estimate of drug-likeness (QED) is 0.446. The lowest BCUT2D eigenvalue weighted by molar-refractivity contribution is -0.134. The first-order valence-electron chi connectivity index (χ1n) is 12.3.